The molecule has 0 amide bonds. The molecule has 1 heterocycles. The monoisotopic (exact) mass is 261 g/mol. The number of ether oxygens (including phenoxy) is 1. The van der Waals surface area contributed by atoms with Crippen molar-refractivity contribution < 1.29 is 13.2 Å². The maximum atomic E-state index is 11.0. The molecule has 0 saturated heterocycles. The zero-order valence-corrected chi connectivity index (χ0v) is 10.9. The summed E-state index contributed by atoms with van der Waals surface area (Å²) in [5.41, 5.74) is 0. The van der Waals surface area contributed by atoms with Gasteiger partial charge in [-0.15, -0.1) is 0 Å². The minimum atomic E-state index is -3.28. The molecule has 96 valence electrons. The molecule has 1 N–H and O–H groups in total. The van der Waals surface area contributed by atoms with Gasteiger partial charge in [0.1, 0.15) is 0 Å². The van der Waals surface area contributed by atoms with E-state index in [0.29, 0.717) is 11.8 Å². The van der Waals surface area contributed by atoms with Crippen LogP contribution in [0, 0.1) is 0 Å². The van der Waals surface area contributed by atoms with Gasteiger partial charge in [0, 0.05) is 14.1 Å². The number of hydrogen-bond acceptors (Lipinski definition) is 7. The molecule has 1 rings (SSSR count). The lowest BCUT2D eigenvalue weighted by Gasteiger charge is -2.11. The zero-order chi connectivity index (χ0) is 13.1. The van der Waals surface area contributed by atoms with Crippen molar-refractivity contribution in [1.29, 1.82) is 0 Å². The van der Waals surface area contributed by atoms with Gasteiger partial charge in [-0.05, 0) is 0 Å². The maximum absolute atomic E-state index is 11.0. The minimum Gasteiger partial charge on any atom is -0.467 e. The molecule has 8 nitrogen and oxygen atoms in total. The number of sulfonamides is 1. The normalized spacial score (nSPS) is 11.3. The first-order valence-electron chi connectivity index (χ1n) is 4.72. The molecule has 17 heavy (non-hydrogen) atoms. The molecule has 0 saturated carbocycles. The molecule has 1 aromatic heterocycles. The molecule has 0 aliphatic rings. The van der Waals surface area contributed by atoms with E-state index in [1.165, 1.54) is 7.11 Å². The van der Waals surface area contributed by atoms with Crippen molar-refractivity contribution in [2.45, 2.75) is 6.54 Å². The molecule has 0 bridgehead atoms. The Hall–Kier alpha value is -1.48. The average molecular weight is 261 g/mol. The largest absolute Gasteiger partial charge is 0.467 e. The Bertz CT molecular complexity index is 488. The lowest BCUT2D eigenvalue weighted by Crippen LogP contribution is -2.24. The third-order valence-electron chi connectivity index (χ3n) is 1.72. The van der Waals surface area contributed by atoms with Gasteiger partial charge in [-0.3, -0.25) is 0 Å². The highest BCUT2D eigenvalue weighted by atomic mass is 32.2. The van der Waals surface area contributed by atoms with E-state index in [4.69, 9.17) is 4.74 Å². The Morgan fingerprint density at radius 2 is 1.94 bits per heavy atom. The fourth-order valence-corrected chi connectivity index (χ4v) is 1.34. The summed E-state index contributed by atoms with van der Waals surface area (Å²) < 4.78 is 29.1. The highest BCUT2D eigenvalue weighted by Gasteiger charge is 2.10. The van der Waals surface area contributed by atoms with E-state index in [-0.39, 0.29) is 12.6 Å². The SMILES string of the molecule is COc1nc(CNS(C)(=O)=O)nc(N(C)C)n1. The van der Waals surface area contributed by atoms with Crippen LogP contribution < -0.4 is 14.4 Å². The summed E-state index contributed by atoms with van der Waals surface area (Å²) in [6.07, 6.45) is 1.07. The Balaban J connectivity index is 2.95. The maximum Gasteiger partial charge on any atom is 0.321 e. The predicted octanol–water partition coefficient (Wildman–Crippen LogP) is -1.00. The number of anilines is 1. The number of nitrogens with one attached hydrogen (secondary N) is 1. The van der Waals surface area contributed by atoms with Crippen molar-refractivity contribution in [3.05, 3.63) is 5.82 Å². The van der Waals surface area contributed by atoms with Crippen molar-refractivity contribution in [1.82, 2.24) is 19.7 Å². The summed E-state index contributed by atoms with van der Waals surface area (Å²) in [6, 6.07) is 0.147. The fourth-order valence-electron chi connectivity index (χ4n) is 0.952. The van der Waals surface area contributed by atoms with Crippen LogP contribution in [0.15, 0.2) is 0 Å². The van der Waals surface area contributed by atoms with E-state index in [0.717, 1.165) is 6.26 Å². The Morgan fingerprint density at radius 3 is 2.41 bits per heavy atom. The van der Waals surface area contributed by atoms with Crippen molar-refractivity contribution in [3.63, 3.8) is 0 Å². The van der Waals surface area contributed by atoms with Crippen molar-refractivity contribution in [2.75, 3.05) is 32.4 Å². The van der Waals surface area contributed by atoms with Gasteiger partial charge in [-0.1, -0.05) is 0 Å². The van der Waals surface area contributed by atoms with Crippen LogP contribution in [-0.2, 0) is 16.6 Å². The van der Waals surface area contributed by atoms with Gasteiger partial charge in [-0.2, -0.15) is 15.0 Å². The molecular weight excluding hydrogens is 246 g/mol. The van der Waals surface area contributed by atoms with Crippen LogP contribution in [0.4, 0.5) is 5.95 Å². The van der Waals surface area contributed by atoms with Crippen LogP contribution >= 0.6 is 0 Å². The Morgan fingerprint density at radius 1 is 1.29 bits per heavy atom. The van der Waals surface area contributed by atoms with Crippen molar-refractivity contribution in [2.24, 2.45) is 0 Å². The van der Waals surface area contributed by atoms with Gasteiger partial charge < -0.3 is 9.64 Å². The van der Waals surface area contributed by atoms with Crippen LogP contribution in [0.3, 0.4) is 0 Å². The number of rotatable bonds is 5. The summed E-state index contributed by atoms with van der Waals surface area (Å²) in [7, 11) is 1.69. The smallest absolute Gasteiger partial charge is 0.321 e. The molecule has 0 spiro atoms. The number of aromatic nitrogens is 3. The number of nitrogens with zero attached hydrogens (tertiary/aromatic N) is 4. The average Bonchev–Trinajstić information content (AvgIpc) is 2.25. The predicted molar refractivity (Wildman–Crippen MR) is 62.4 cm³/mol. The number of hydrogen-bond donors (Lipinski definition) is 1. The van der Waals surface area contributed by atoms with E-state index in [9.17, 15) is 8.42 Å². The molecule has 0 aliphatic carbocycles. The second-order valence-electron chi connectivity index (χ2n) is 3.53. The van der Waals surface area contributed by atoms with Gasteiger partial charge in [0.25, 0.3) is 0 Å². The third-order valence-corrected chi connectivity index (χ3v) is 2.39. The Labute approximate surface area is 100 Å². The second kappa shape index (κ2) is 5.23. The van der Waals surface area contributed by atoms with E-state index in [1.54, 1.807) is 19.0 Å². The van der Waals surface area contributed by atoms with Crippen molar-refractivity contribution in [3.8, 4) is 6.01 Å². The molecule has 9 heteroatoms. The van der Waals surface area contributed by atoms with Crippen LogP contribution in [-0.4, -0.2) is 50.8 Å². The molecule has 0 unspecified atom stereocenters. The summed E-state index contributed by atoms with van der Waals surface area (Å²) in [5, 5.41) is 0. The van der Waals surface area contributed by atoms with Crippen LogP contribution in [0.25, 0.3) is 0 Å². The van der Waals surface area contributed by atoms with Gasteiger partial charge in [0.15, 0.2) is 5.82 Å². The standard InChI is InChI=1S/C8H15N5O3S/c1-13(2)7-10-6(5-9-17(4,14)15)11-8(12-7)16-3/h9H,5H2,1-4H3. The fraction of sp³-hybridized carbons (Fsp3) is 0.625. The molecular formula is C8H15N5O3S. The van der Waals surface area contributed by atoms with E-state index in [2.05, 4.69) is 19.7 Å². The molecule has 0 aromatic carbocycles. The van der Waals surface area contributed by atoms with E-state index < -0.39 is 10.0 Å². The highest BCUT2D eigenvalue weighted by Crippen LogP contribution is 2.09. The van der Waals surface area contributed by atoms with Gasteiger partial charge in [0.2, 0.25) is 16.0 Å². The molecule has 0 aliphatic heterocycles. The van der Waals surface area contributed by atoms with E-state index in [1.807, 2.05) is 0 Å². The summed E-state index contributed by atoms with van der Waals surface area (Å²) in [6.45, 7) is -0.00144. The van der Waals surface area contributed by atoms with Gasteiger partial charge >= 0.3 is 6.01 Å². The topological polar surface area (TPSA) is 97.3 Å². The lowest BCUT2D eigenvalue weighted by molar-refractivity contribution is 0.375. The first-order chi connectivity index (χ1) is 7.81. The van der Waals surface area contributed by atoms with Crippen LogP contribution in [0.2, 0.25) is 0 Å². The minimum absolute atomic E-state index is 0.00144. The second-order valence-corrected chi connectivity index (χ2v) is 5.36. The molecule has 0 radical (unpaired) electrons. The van der Waals surface area contributed by atoms with E-state index >= 15 is 0 Å². The van der Waals surface area contributed by atoms with Crippen LogP contribution in [0.5, 0.6) is 6.01 Å². The molecule has 0 fully saturated rings. The van der Waals surface area contributed by atoms with Gasteiger partial charge in [0.05, 0.1) is 19.9 Å². The highest BCUT2D eigenvalue weighted by molar-refractivity contribution is 7.88. The zero-order valence-electron chi connectivity index (χ0n) is 10.1. The summed E-state index contributed by atoms with van der Waals surface area (Å²) in [5.74, 6) is 0.702. The van der Waals surface area contributed by atoms with Gasteiger partial charge in [-0.25, -0.2) is 13.1 Å². The quantitative estimate of drug-likeness (QED) is 0.725. The summed E-state index contributed by atoms with van der Waals surface area (Å²) in [4.78, 5) is 13.7. The lowest BCUT2D eigenvalue weighted by atomic mass is 10.6. The first kappa shape index (κ1) is 13.6. The summed E-state index contributed by atoms with van der Waals surface area (Å²) >= 11 is 0. The third kappa shape index (κ3) is 4.49. The molecule has 1 aromatic rings. The van der Waals surface area contributed by atoms with Crippen LogP contribution in [0.1, 0.15) is 5.82 Å². The molecule has 0 atom stereocenters. The number of methoxy groups -OCH3 is 1. The van der Waals surface area contributed by atoms with Crippen molar-refractivity contribution >= 4 is 16.0 Å². The Kier molecular flexibility index (Phi) is 4.18. The first-order valence-corrected chi connectivity index (χ1v) is 6.62.